The largest absolute Gasteiger partial charge is 0.369 e. The molecular formula is C13H15N3O3S. The van der Waals surface area contributed by atoms with Crippen LogP contribution in [-0.4, -0.2) is 38.2 Å². The molecular weight excluding hydrogens is 278 g/mol. The maximum Gasteiger partial charge on any atom is 0.285 e. The number of nitrogens with zero attached hydrogens (tertiary/aromatic N) is 2. The summed E-state index contributed by atoms with van der Waals surface area (Å²) in [6, 6.07) is 6.76. The van der Waals surface area contributed by atoms with Gasteiger partial charge in [0.2, 0.25) is 5.91 Å². The molecule has 0 saturated carbocycles. The van der Waals surface area contributed by atoms with E-state index in [9.17, 15) is 13.2 Å². The number of likely N-dealkylation sites (tertiary alicyclic amines) is 1. The summed E-state index contributed by atoms with van der Waals surface area (Å²) in [5.74, 6) is -0.155. The number of rotatable bonds is 1. The van der Waals surface area contributed by atoms with Gasteiger partial charge in [-0.2, -0.15) is 8.42 Å². The highest BCUT2D eigenvalue weighted by Crippen LogP contribution is 2.29. The third-order valence-corrected chi connectivity index (χ3v) is 5.06. The van der Waals surface area contributed by atoms with Crippen molar-refractivity contribution >= 4 is 21.8 Å². The Kier molecular flexibility index (Phi) is 3.01. The van der Waals surface area contributed by atoms with Crippen LogP contribution in [0.2, 0.25) is 0 Å². The molecule has 0 unspecified atom stereocenters. The van der Waals surface area contributed by atoms with Crippen molar-refractivity contribution in [2.45, 2.75) is 17.7 Å². The van der Waals surface area contributed by atoms with E-state index >= 15 is 0 Å². The molecule has 1 fully saturated rings. The van der Waals surface area contributed by atoms with Crippen LogP contribution in [0.15, 0.2) is 33.6 Å². The van der Waals surface area contributed by atoms with E-state index in [1.165, 1.54) is 0 Å². The Balaban J connectivity index is 1.97. The van der Waals surface area contributed by atoms with Crippen LogP contribution in [-0.2, 0) is 14.8 Å². The number of sulfonamides is 1. The summed E-state index contributed by atoms with van der Waals surface area (Å²) in [5.41, 5.74) is 5.96. The lowest BCUT2D eigenvalue weighted by atomic mass is 9.97. The molecule has 0 aliphatic carbocycles. The van der Waals surface area contributed by atoms with Gasteiger partial charge in [0.1, 0.15) is 4.90 Å². The topological polar surface area (TPSA) is 92.8 Å². The fourth-order valence-electron chi connectivity index (χ4n) is 2.72. The molecule has 0 bridgehead atoms. The number of benzene rings is 1. The van der Waals surface area contributed by atoms with E-state index in [0.717, 1.165) is 12.8 Å². The van der Waals surface area contributed by atoms with Gasteiger partial charge in [-0.1, -0.05) is 12.1 Å². The van der Waals surface area contributed by atoms with Gasteiger partial charge in [0.25, 0.3) is 10.0 Å². The first-order chi connectivity index (χ1) is 9.49. The molecule has 1 amide bonds. The van der Waals surface area contributed by atoms with Crippen molar-refractivity contribution in [3.05, 3.63) is 29.8 Å². The molecule has 20 heavy (non-hydrogen) atoms. The SMILES string of the molecule is NC(=O)[C@@H]1CCCN(C2=NS(=O)(=O)c3ccccc32)C1. The summed E-state index contributed by atoms with van der Waals surface area (Å²) in [5, 5.41) is 0. The zero-order chi connectivity index (χ0) is 14.3. The standard InChI is InChI=1S/C13H15N3O3S/c14-12(17)9-4-3-7-16(8-9)13-10-5-1-2-6-11(10)20(18,19)15-13/h1-2,5-6,9H,3-4,7-8H2,(H2,14,17)/t9-/m1/s1. The van der Waals surface area contributed by atoms with Crippen molar-refractivity contribution < 1.29 is 13.2 Å². The second kappa shape index (κ2) is 4.59. The first-order valence-electron chi connectivity index (χ1n) is 6.48. The molecule has 0 aromatic heterocycles. The maximum absolute atomic E-state index is 12.0. The Morgan fingerprint density at radius 3 is 2.85 bits per heavy atom. The van der Waals surface area contributed by atoms with Crippen molar-refractivity contribution in [2.24, 2.45) is 16.0 Å². The van der Waals surface area contributed by atoms with E-state index < -0.39 is 10.0 Å². The Labute approximate surface area is 117 Å². The molecule has 1 saturated heterocycles. The van der Waals surface area contributed by atoms with Gasteiger partial charge in [-0.15, -0.1) is 4.40 Å². The first-order valence-corrected chi connectivity index (χ1v) is 7.92. The summed E-state index contributed by atoms with van der Waals surface area (Å²) < 4.78 is 27.9. The maximum atomic E-state index is 12.0. The summed E-state index contributed by atoms with van der Waals surface area (Å²) in [7, 11) is -3.61. The van der Waals surface area contributed by atoms with Crippen molar-refractivity contribution in [1.82, 2.24) is 4.90 Å². The number of hydrogen-bond donors (Lipinski definition) is 1. The highest BCUT2D eigenvalue weighted by Gasteiger charge is 2.34. The van der Waals surface area contributed by atoms with Crippen LogP contribution >= 0.6 is 0 Å². The van der Waals surface area contributed by atoms with Crippen LogP contribution in [0.25, 0.3) is 0 Å². The summed E-state index contributed by atoms with van der Waals surface area (Å²) >= 11 is 0. The number of amides is 1. The highest BCUT2D eigenvalue weighted by molar-refractivity contribution is 7.90. The number of piperidine rings is 1. The van der Waals surface area contributed by atoms with Gasteiger partial charge in [-0.05, 0) is 25.0 Å². The fraction of sp³-hybridized carbons (Fsp3) is 0.385. The molecule has 0 spiro atoms. The van der Waals surface area contributed by atoms with E-state index in [4.69, 9.17) is 5.73 Å². The minimum atomic E-state index is -3.61. The van der Waals surface area contributed by atoms with Gasteiger partial charge in [0.05, 0.1) is 5.92 Å². The average Bonchev–Trinajstić information content (AvgIpc) is 2.72. The highest BCUT2D eigenvalue weighted by atomic mass is 32.2. The van der Waals surface area contributed by atoms with Crippen molar-refractivity contribution in [2.75, 3.05) is 13.1 Å². The van der Waals surface area contributed by atoms with E-state index in [0.29, 0.717) is 24.5 Å². The van der Waals surface area contributed by atoms with E-state index in [1.54, 1.807) is 24.3 Å². The Morgan fingerprint density at radius 1 is 1.35 bits per heavy atom. The molecule has 2 N–H and O–H groups in total. The lowest BCUT2D eigenvalue weighted by Crippen LogP contribution is -2.44. The summed E-state index contributed by atoms with van der Waals surface area (Å²) in [6.45, 7) is 1.12. The van der Waals surface area contributed by atoms with Gasteiger partial charge in [0, 0.05) is 18.7 Å². The molecule has 2 aliphatic rings. The van der Waals surface area contributed by atoms with Gasteiger partial charge in [-0.3, -0.25) is 4.79 Å². The second-order valence-electron chi connectivity index (χ2n) is 5.07. The fourth-order valence-corrected chi connectivity index (χ4v) is 3.95. The van der Waals surface area contributed by atoms with Crippen LogP contribution in [0.3, 0.4) is 0 Å². The molecule has 0 radical (unpaired) electrons. The minimum absolute atomic E-state index is 0.233. The van der Waals surface area contributed by atoms with E-state index in [1.807, 2.05) is 4.90 Å². The number of amidine groups is 1. The Bertz CT molecular complexity index is 697. The molecule has 1 aromatic rings. The lowest BCUT2D eigenvalue weighted by molar-refractivity contribution is -0.122. The quantitative estimate of drug-likeness (QED) is 0.807. The molecule has 2 aliphatic heterocycles. The van der Waals surface area contributed by atoms with E-state index in [2.05, 4.69) is 4.40 Å². The van der Waals surface area contributed by atoms with Crippen molar-refractivity contribution in [3.63, 3.8) is 0 Å². The molecule has 106 valence electrons. The monoisotopic (exact) mass is 293 g/mol. The molecule has 6 nitrogen and oxygen atoms in total. The number of hydrogen-bond acceptors (Lipinski definition) is 4. The summed E-state index contributed by atoms with van der Waals surface area (Å²) in [6.07, 6.45) is 1.54. The van der Waals surface area contributed by atoms with Crippen LogP contribution in [0.1, 0.15) is 18.4 Å². The van der Waals surface area contributed by atoms with E-state index in [-0.39, 0.29) is 16.7 Å². The van der Waals surface area contributed by atoms with Crippen LogP contribution in [0, 0.1) is 5.92 Å². The zero-order valence-corrected chi connectivity index (χ0v) is 11.6. The molecule has 1 aromatic carbocycles. The Hall–Kier alpha value is -1.89. The van der Waals surface area contributed by atoms with Gasteiger partial charge >= 0.3 is 0 Å². The third-order valence-electron chi connectivity index (χ3n) is 3.74. The molecule has 7 heteroatoms. The zero-order valence-electron chi connectivity index (χ0n) is 10.8. The minimum Gasteiger partial charge on any atom is -0.369 e. The van der Waals surface area contributed by atoms with Crippen molar-refractivity contribution in [3.8, 4) is 0 Å². The van der Waals surface area contributed by atoms with Gasteiger partial charge < -0.3 is 10.6 Å². The molecule has 3 rings (SSSR count). The first kappa shape index (κ1) is 13.1. The summed E-state index contributed by atoms with van der Waals surface area (Å²) in [4.78, 5) is 13.4. The smallest absolute Gasteiger partial charge is 0.285 e. The predicted molar refractivity (Wildman–Crippen MR) is 73.7 cm³/mol. The second-order valence-corrected chi connectivity index (χ2v) is 6.65. The number of nitrogens with two attached hydrogens (primary N) is 1. The average molecular weight is 293 g/mol. The number of fused-ring (bicyclic) bond motifs is 1. The predicted octanol–water partition coefficient (Wildman–Crippen LogP) is 0.333. The van der Waals surface area contributed by atoms with Crippen LogP contribution in [0.4, 0.5) is 0 Å². The van der Waals surface area contributed by atoms with Gasteiger partial charge in [0.15, 0.2) is 5.84 Å². The van der Waals surface area contributed by atoms with Gasteiger partial charge in [-0.25, -0.2) is 0 Å². The Morgan fingerprint density at radius 2 is 2.10 bits per heavy atom. The normalized spacial score (nSPS) is 24.1. The lowest BCUT2D eigenvalue weighted by Gasteiger charge is -2.32. The van der Waals surface area contributed by atoms with Crippen LogP contribution < -0.4 is 5.73 Å². The third kappa shape index (κ3) is 2.07. The number of carbonyl (C=O) groups is 1. The number of carbonyl (C=O) groups excluding carboxylic acids is 1. The molecule has 1 atom stereocenters. The van der Waals surface area contributed by atoms with Crippen LogP contribution in [0.5, 0.6) is 0 Å². The number of primary amides is 1. The molecule has 2 heterocycles. The van der Waals surface area contributed by atoms with Crippen molar-refractivity contribution in [1.29, 1.82) is 0 Å².